The zero-order chi connectivity index (χ0) is 21.3. The van der Waals surface area contributed by atoms with Gasteiger partial charge in [0.25, 0.3) is 0 Å². The maximum absolute atomic E-state index is 12.7. The number of anilines is 1. The molecule has 0 fully saturated rings. The van der Waals surface area contributed by atoms with Crippen molar-refractivity contribution < 1.29 is 4.79 Å². The van der Waals surface area contributed by atoms with Gasteiger partial charge in [-0.05, 0) is 31.2 Å². The topological polar surface area (TPSA) is 68.8 Å². The summed E-state index contributed by atoms with van der Waals surface area (Å²) in [7, 11) is 1.65. The first-order valence-electron chi connectivity index (χ1n) is 9.15. The quantitative estimate of drug-likeness (QED) is 0.460. The molecule has 0 aliphatic rings. The standard InChI is InChI=1S/C21H18Cl2N6O/c1-14-24-10-11-29(14)16-8-6-15(7-9-16)18-12-28(26-25-18)13-20(30)27(2)19-5-3-4-17(22)21(19)23/h3-12H,13H2,1-2H3. The van der Waals surface area contributed by atoms with Crippen LogP contribution in [-0.4, -0.2) is 37.5 Å². The van der Waals surface area contributed by atoms with Crippen molar-refractivity contribution in [2.75, 3.05) is 11.9 Å². The highest BCUT2D eigenvalue weighted by atomic mass is 35.5. The van der Waals surface area contributed by atoms with E-state index >= 15 is 0 Å². The number of nitrogens with zero attached hydrogens (tertiary/aromatic N) is 6. The van der Waals surface area contributed by atoms with Crippen LogP contribution >= 0.6 is 23.2 Å². The van der Waals surface area contributed by atoms with Crippen LogP contribution in [0, 0.1) is 6.92 Å². The Balaban J connectivity index is 1.48. The fourth-order valence-corrected chi connectivity index (χ4v) is 3.50. The van der Waals surface area contributed by atoms with E-state index in [0.717, 1.165) is 17.1 Å². The maximum Gasteiger partial charge on any atom is 0.248 e. The van der Waals surface area contributed by atoms with E-state index in [0.29, 0.717) is 21.4 Å². The number of carbonyl (C=O) groups excluding carboxylic acids is 1. The van der Waals surface area contributed by atoms with Gasteiger partial charge in [-0.15, -0.1) is 5.10 Å². The average Bonchev–Trinajstić information content (AvgIpc) is 3.38. The zero-order valence-electron chi connectivity index (χ0n) is 16.3. The van der Waals surface area contributed by atoms with Crippen molar-refractivity contribution in [1.29, 1.82) is 0 Å². The van der Waals surface area contributed by atoms with E-state index in [-0.39, 0.29) is 12.5 Å². The van der Waals surface area contributed by atoms with Gasteiger partial charge in [0.05, 0.1) is 21.9 Å². The molecule has 0 radical (unpaired) electrons. The van der Waals surface area contributed by atoms with Crippen molar-refractivity contribution in [2.24, 2.45) is 0 Å². The van der Waals surface area contributed by atoms with Crippen LogP contribution < -0.4 is 4.90 Å². The second-order valence-corrected chi connectivity index (χ2v) is 7.50. The van der Waals surface area contributed by atoms with E-state index in [1.54, 1.807) is 37.6 Å². The lowest BCUT2D eigenvalue weighted by Crippen LogP contribution is -2.30. The number of benzene rings is 2. The van der Waals surface area contributed by atoms with Crippen LogP contribution in [0.3, 0.4) is 0 Å². The van der Waals surface area contributed by atoms with E-state index in [9.17, 15) is 4.79 Å². The third kappa shape index (κ3) is 3.94. The summed E-state index contributed by atoms with van der Waals surface area (Å²) in [6.45, 7) is 1.97. The molecule has 2 heterocycles. The fourth-order valence-electron chi connectivity index (χ4n) is 3.08. The van der Waals surface area contributed by atoms with Crippen LogP contribution in [0.5, 0.6) is 0 Å². The average molecular weight is 441 g/mol. The molecule has 0 atom stereocenters. The molecule has 0 unspecified atom stereocenters. The van der Waals surface area contributed by atoms with Crippen LogP contribution in [0.2, 0.25) is 10.0 Å². The summed E-state index contributed by atoms with van der Waals surface area (Å²) in [5.74, 6) is 0.720. The summed E-state index contributed by atoms with van der Waals surface area (Å²) in [5.41, 5.74) is 3.14. The number of amides is 1. The predicted molar refractivity (Wildman–Crippen MR) is 117 cm³/mol. The minimum atomic E-state index is -0.193. The Morgan fingerprint density at radius 1 is 1.13 bits per heavy atom. The van der Waals surface area contributed by atoms with Gasteiger partial charge < -0.3 is 9.47 Å². The number of likely N-dealkylation sites (N-methyl/N-ethyl adjacent to an activating group) is 1. The number of halogens is 2. The summed E-state index contributed by atoms with van der Waals surface area (Å²) in [6.07, 6.45) is 5.41. The Morgan fingerprint density at radius 2 is 1.90 bits per heavy atom. The number of carbonyl (C=O) groups is 1. The second-order valence-electron chi connectivity index (χ2n) is 6.72. The van der Waals surface area contributed by atoms with Crippen LogP contribution in [0.4, 0.5) is 5.69 Å². The molecule has 1 amide bonds. The van der Waals surface area contributed by atoms with Crippen molar-refractivity contribution in [3.63, 3.8) is 0 Å². The van der Waals surface area contributed by atoms with Crippen LogP contribution in [0.15, 0.2) is 61.1 Å². The Hall–Kier alpha value is -3.16. The Kier molecular flexibility index (Phi) is 5.57. The minimum absolute atomic E-state index is 0.0264. The lowest BCUT2D eigenvalue weighted by Gasteiger charge is -2.19. The number of rotatable bonds is 5. The molecule has 2 aromatic heterocycles. The maximum atomic E-state index is 12.7. The molecule has 0 spiro atoms. The van der Waals surface area contributed by atoms with Gasteiger partial charge in [0, 0.05) is 30.7 Å². The molecule has 0 saturated heterocycles. The Labute approximate surface area is 183 Å². The van der Waals surface area contributed by atoms with E-state index in [1.807, 2.05) is 42.0 Å². The summed E-state index contributed by atoms with van der Waals surface area (Å²) in [4.78, 5) is 18.3. The first-order chi connectivity index (χ1) is 14.4. The van der Waals surface area contributed by atoms with Gasteiger partial charge in [-0.3, -0.25) is 4.79 Å². The zero-order valence-corrected chi connectivity index (χ0v) is 17.8. The largest absolute Gasteiger partial charge is 0.312 e. The molecule has 152 valence electrons. The van der Waals surface area contributed by atoms with Crippen molar-refractivity contribution in [3.05, 3.63) is 76.9 Å². The highest BCUT2D eigenvalue weighted by Crippen LogP contribution is 2.32. The van der Waals surface area contributed by atoms with Crippen molar-refractivity contribution in [1.82, 2.24) is 24.5 Å². The third-order valence-corrected chi connectivity index (χ3v) is 5.58. The number of aryl methyl sites for hydroxylation is 1. The van der Waals surface area contributed by atoms with Gasteiger partial charge in [-0.1, -0.05) is 46.6 Å². The molecule has 0 aliphatic heterocycles. The SMILES string of the molecule is Cc1nccn1-c1ccc(-c2cn(CC(=O)N(C)c3cccc(Cl)c3Cl)nn2)cc1. The van der Waals surface area contributed by atoms with E-state index in [4.69, 9.17) is 23.2 Å². The number of aromatic nitrogens is 5. The number of imidazole rings is 1. The monoisotopic (exact) mass is 440 g/mol. The van der Waals surface area contributed by atoms with Gasteiger partial charge in [-0.25, -0.2) is 9.67 Å². The summed E-state index contributed by atoms with van der Waals surface area (Å²) in [6, 6.07) is 13.1. The van der Waals surface area contributed by atoms with Gasteiger partial charge in [0.1, 0.15) is 18.1 Å². The van der Waals surface area contributed by atoms with Gasteiger partial charge in [-0.2, -0.15) is 0 Å². The third-order valence-electron chi connectivity index (χ3n) is 4.77. The highest BCUT2D eigenvalue weighted by Gasteiger charge is 2.17. The lowest BCUT2D eigenvalue weighted by atomic mass is 10.1. The molecule has 30 heavy (non-hydrogen) atoms. The molecule has 7 nitrogen and oxygen atoms in total. The molecule has 4 rings (SSSR count). The Bertz CT molecular complexity index is 1200. The molecule has 0 saturated carbocycles. The van der Waals surface area contributed by atoms with Crippen LogP contribution in [-0.2, 0) is 11.3 Å². The van der Waals surface area contributed by atoms with Gasteiger partial charge >= 0.3 is 0 Å². The summed E-state index contributed by atoms with van der Waals surface area (Å²) in [5, 5.41) is 9.00. The molecule has 0 N–H and O–H groups in total. The first-order valence-corrected chi connectivity index (χ1v) is 9.91. The molecule has 9 heteroatoms. The van der Waals surface area contributed by atoms with Crippen LogP contribution in [0.25, 0.3) is 16.9 Å². The van der Waals surface area contributed by atoms with Crippen molar-refractivity contribution >= 4 is 34.8 Å². The normalized spacial score (nSPS) is 10.9. The predicted octanol–water partition coefficient (Wildman–Crippen LogP) is 4.41. The fraction of sp³-hybridized carbons (Fsp3) is 0.143. The lowest BCUT2D eigenvalue weighted by molar-refractivity contribution is -0.119. The molecule has 4 aromatic rings. The molecule has 0 bridgehead atoms. The summed E-state index contributed by atoms with van der Waals surface area (Å²) < 4.78 is 3.50. The molecular formula is C21H18Cl2N6O. The van der Waals surface area contributed by atoms with Gasteiger partial charge in [0.15, 0.2) is 0 Å². The Morgan fingerprint density at radius 3 is 2.60 bits per heavy atom. The molecule has 0 aliphatic carbocycles. The van der Waals surface area contributed by atoms with E-state index < -0.39 is 0 Å². The first kappa shape index (κ1) is 20.1. The van der Waals surface area contributed by atoms with E-state index in [2.05, 4.69) is 15.3 Å². The molecule has 2 aromatic carbocycles. The van der Waals surface area contributed by atoms with Crippen molar-refractivity contribution in [3.8, 4) is 16.9 Å². The van der Waals surface area contributed by atoms with Crippen LogP contribution in [0.1, 0.15) is 5.82 Å². The number of hydrogen-bond donors (Lipinski definition) is 0. The second kappa shape index (κ2) is 8.30. The van der Waals surface area contributed by atoms with Crippen molar-refractivity contribution in [2.45, 2.75) is 13.5 Å². The highest BCUT2D eigenvalue weighted by molar-refractivity contribution is 6.44. The smallest absolute Gasteiger partial charge is 0.248 e. The molecular weight excluding hydrogens is 423 g/mol. The van der Waals surface area contributed by atoms with E-state index in [1.165, 1.54) is 9.58 Å². The number of hydrogen-bond acceptors (Lipinski definition) is 4. The summed E-state index contributed by atoms with van der Waals surface area (Å²) >= 11 is 12.3. The van der Waals surface area contributed by atoms with Gasteiger partial charge in [0.2, 0.25) is 5.91 Å². The minimum Gasteiger partial charge on any atom is -0.312 e.